The van der Waals surface area contributed by atoms with Crippen molar-refractivity contribution in [3.63, 3.8) is 0 Å². The largest absolute Gasteiger partial charge is 0.233 e. The Morgan fingerprint density at radius 3 is 2.22 bits per heavy atom. The summed E-state index contributed by atoms with van der Waals surface area (Å²) in [6.45, 7) is 8.35. The summed E-state index contributed by atoms with van der Waals surface area (Å²) in [5, 5.41) is 0.506. The third-order valence-corrected chi connectivity index (χ3v) is 3.20. The molecule has 0 aliphatic carbocycles. The first-order valence-corrected chi connectivity index (χ1v) is 6.48. The van der Waals surface area contributed by atoms with Crippen LogP contribution in [0.2, 0.25) is 5.15 Å². The van der Waals surface area contributed by atoms with Crippen molar-refractivity contribution in [3.8, 4) is 11.4 Å². The van der Waals surface area contributed by atoms with E-state index in [4.69, 9.17) is 11.6 Å². The molecule has 0 saturated heterocycles. The van der Waals surface area contributed by atoms with Gasteiger partial charge in [0.25, 0.3) is 0 Å². The molecule has 0 radical (unpaired) electrons. The highest BCUT2D eigenvalue weighted by molar-refractivity contribution is 6.29. The van der Waals surface area contributed by atoms with Gasteiger partial charge in [0.15, 0.2) is 5.82 Å². The Bertz CT molecular complexity index is 556. The van der Waals surface area contributed by atoms with Crippen molar-refractivity contribution >= 4 is 11.6 Å². The summed E-state index contributed by atoms with van der Waals surface area (Å²) >= 11 is 6.10. The first kappa shape index (κ1) is 13.0. The van der Waals surface area contributed by atoms with Crippen LogP contribution in [-0.2, 0) is 0 Å². The zero-order valence-electron chi connectivity index (χ0n) is 11.2. The van der Waals surface area contributed by atoms with Gasteiger partial charge in [0.1, 0.15) is 5.15 Å². The summed E-state index contributed by atoms with van der Waals surface area (Å²) < 4.78 is 0. The van der Waals surface area contributed by atoms with Crippen LogP contribution in [0, 0.1) is 13.8 Å². The molecule has 0 bridgehead atoms. The molecular weight excluding hydrogens is 244 g/mol. The minimum atomic E-state index is 0.341. The molecule has 94 valence electrons. The zero-order chi connectivity index (χ0) is 13.3. The van der Waals surface area contributed by atoms with Crippen molar-refractivity contribution in [2.75, 3.05) is 0 Å². The van der Waals surface area contributed by atoms with Crippen LogP contribution in [0.1, 0.15) is 36.6 Å². The molecule has 0 spiro atoms. The molecule has 0 amide bonds. The SMILES string of the molecule is Cc1cccc(C)c1-c1nc(Cl)cc(C(C)C)n1. The fourth-order valence-corrected chi connectivity index (χ4v) is 2.20. The van der Waals surface area contributed by atoms with E-state index >= 15 is 0 Å². The summed E-state index contributed by atoms with van der Waals surface area (Å²) in [5.41, 5.74) is 4.41. The minimum Gasteiger partial charge on any atom is -0.233 e. The van der Waals surface area contributed by atoms with Gasteiger partial charge in [-0.25, -0.2) is 9.97 Å². The van der Waals surface area contributed by atoms with E-state index in [1.54, 1.807) is 0 Å². The molecule has 2 rings (SSSR count). The number of hydrogen-bond donors (Lipinski definition) is 0. The molecule has 0 saturated carbocycles. The van der Waals surface area contributed by atoms with Gasteiger partial charge in [-0.2, -0.15) is 0 Å². The van der Waals surface area contributed by atoms with Crippen LogP contribution >= 0.6 is 11.6 Å². The summed E-state index contributed by atoms with van der Waals surface area (Å²) in [7, 11) is 0. The molecule has 0 unspecified atom stereocenters. The van der Waals surface area contributed by atoms with E-state index in [9.17, 15) is 0 Å². The van der Waals surface area contributed by atoms with Crippen LogP contribution in [0.3, 0.4) is 0 Å². The van der Waals surface area contributed by atoms with E-state index < -0.39 is 0 Å². The predicted molar refractivity (Wildman–Crippen MR) is 76.0 cm³/mol. The number of benzene rings is 1. The summed E-state index contributed by atoms with van der Waals surface area (Å²) in [6.07, 6.45) is 0. The molecule has 1 aromatic carbocycles. The lowest BCUT2D eigenvalue weighted by atomic mass is 10.0. The van der Waals surface area contributed by atoms with Crippen molar-refractivity contribution in [1.29, 1.82) is 0 Å². The molecule has 2 nitrogen and oxygen atoms in total. The zero-order valence-corrected chi connectivity index (χ0v) is 11.9. The number of halogens is 1. The van der Waals surface area contributed by atoms with Crippen molar-refractivity contribution < 1.29 is 0 Å². The third kappa shape index (κ3) is 2.54. The second-order valence-corrected chi connectivity index (χ2v) is 5.25. The lowest BCUT2D eigenvalue weighted by Crippen LogP contribution is -2.00. The van der Waals surface area contributed by atoms with Gasteiger partial charge in [-0.05, 0) is 37.0 Å². The molecule has 0 fully saturated rings. The number of aromatic nitrogens is 2. The second-order valence-electron chi connectivity index (χ2n) is 4.86. The van der Waals surface area contributed by atoms with Crippen LogP contribution in [0.5, 0.6) is 0 Å². The predicted octanol–water partition coefficient (Wildman–Crippen LogP) is 4.54. The molecular formula is C15H17ClN2. The van der Waals surface area contributed by atoms with Crippen LogP contribution in [0.4, 0.5) is 0 Å². The van der Waals surface area contributed by atoms with Crippen LogP contribution < -0.4 is 0 Å². The van der Waals surface area contributed by atoms with Crippen LogP contribution in [0.15, 0.2) is 24.3 Å². The Morgan fingerprint density at radius 1 is 1.06 bits per heavy atom. The monoisotopic (exact) mass is 260 g/mol. The maximum atomic E-state index is 6.10. The van der Waals surface area contributed by atoms with Crippen LogP contribution in [-0.4, -0.2) is 9.97 Å². The normalized spacial score (nSPS) is 11.0. The fraction of sp³-hybridized carbons (Fsp3) is 0.333. The lowest BCUT2D eigenvalue weighted by Gasteiger charge is -2.11. The van der Waals surface area contributed by atoms with Crippen molar-refractivity contribution in [2.45, 2.75) is 33.6 Å². The first-order chi connectivity index (χ1) is 8.49. The Balaban J connectivity index is 2.64. The molecule has 1 heterocycles. The topological polar surface area (TPSA) is 25.8 Å². The number of aryl methyl sites for hydroxylation is 2. The molecule has 0 N–H and O–H groups in total. The summed E-state index contributed by atoms with van der Waals surface area (Å²) in [4.78, 5) is 8.99. The molecule has 0 aliphatic rings. The van der Waals surface area contributed by atoms with Gasteiger partial charge in [0.05, 0.1) is 0 Å². The Hall–Kier alpha value is -1.41. The Kier molecular flexibility index (Phi) is 3.67. The van der Waals surface area contributed by atoms with Gasteiger partial charge in [0.2, 0.25) is 0 Å². The molecule has 0 aliphatic heterocycles. The second kappa shape index (κ2) is 5.07. The maximum absolute atomic E-state index is 6.10. The van der Waals surface area contributed by atoms with Gasteiger partial charge in [-0.1, -0.05) is 43.6 Å². The highest BCUT2D eigenvalue weighted by Gasteiger charge is 2.12. The van der Waals surface area contributed by atoms with Gasteiger partial charge in [-0.15, -0.1) is 0 Å². The van der Waals surface area contributed by atoms with Crippen molar-refractivity contribution in [3.05, 3.63) is 46.2 Å². The van der Waals surface area contributed by atoms with Crippen molar-refractivity contribution in [1.82, 2.24) is 9.97 Å². The number of hydrogen-bond acceptors (Lipinski definition) is 2. The Morgan fingerprint density at radius 2 is 1.67 bits per heavy atom. The molecule has 18 heavy (non-hydrogen) atoms. The summed E-state index contributed by atoms with van der Waals surface area (Å²) in [5.74, 6) is 1.07. The lowest BCUT2D eigenvalue weighted by molar-refractivity contribution is 0.816. The van der Waals surface area contributed by atoms with E-state index in [-0.39, 0.29) is 0 Å². The number of nitrogens with zero attached hydrogens (tertiary/aromatic N) is 2. The van der Waals surface area contributed by atoms with E-state index in [0.717, 1.165) is 17.1 Å². The smallest absolute Gasteiger partial charge is 0.161 e. The van der Waals surface area contributed by atoms with Gasteiger partial charge in [0, 0.05) is 11.3 Å². The van der Waals surface area contributed by atoms with Gasteiger partial charge >= 0.3 is 0 Å². The minimum absolute atomic E-state index is 0.341. The maximum Gasteiger partial charge on any atom is 0.161 e. The van der Waals surface area contributed by atoms with E-state index in [1.165, 1.54) is 11.1 Å². The van der Waals surface area contributed by atoms with Gasteiger partial charge in [-0.3, -0.25) is 0 Å². The van der Waals surface area contributed by atoms with Gasteiger partial charge < -0.3 is 0 Å². The average molecular weight is 261 g/mol. The average Bonchev–Trinajstić information content (AvgIpc) is 2.28. The van der Waals surface area contributed by atoms with E-state index in [0.29, 0.717) is 11.1 Å². The number of rotatable bonds is 2. The Labute approximate surface area is 113 Å². The third-order valence-electron chi connectivity index (χ3n) is 3.01. The van der Waals surface area contributed by atoms with Crippen LogP contribution in [0.25, 0.3) is 11.4 Å². The van der Waals surface area contributed by atoms with E-state index in [2.05, 4.69) is 49.8 Å². The molecule has 2 aromatic rings. The summed E-state index contributed by atoms with van der Waals surface area (Å²) in [6, 6.07) is 8.02. The molecule has 3 heteroatoms. The van der Waals surface area contributed by atoms with Crippen molar-refractivity contribution in [2.24, 2.45) is 0 Å². The standard InChI is InChI=1S/C15H17ClN2/c1-9(2)12-8-13(16)18-15(17-12)14-10(3)6-5-7-11(14)4/h5-9H,1-4H3. The first-order valence-electron chi connectivity index (χ1n) is 6.10. The fourth-order valence-electron chi connectivity index (χ4n) is 2.01. The highest BCUT2D eigenvalue weighted by Crippen LogP contribution is 2.27. The highest BCUT2D eigenvalue weighted by atomic mass is 35.5. The quantitative estimate of drug-likeness (QED) is 0.741. The molecule has 0 atom stereocenters. The van der Waals surface area contributed by atoms with E-state index in [1.807, 2.05) is 12.1 Å². The molecule has 1 aromatic heterocycles.